The summed E-state index contributed by atoms with van der Waals surface area (Å²) in [6.45, 7) is 4.61. The maximum Gasteiger partial charge on any atom is 0.123 e. The van der Waals surface area contributed by atoms with E-state index in [1.165, 1.54) is 25.3 Å². The first-order valence-corrected chi connectivity index (χ1v) is 8.42. The number of hydrogen-bond donors (Lipinski definition) is 1. The van der Waals surface area contributed by atoms with Gasteiger partial charge in [-0.3, -0.25) is 0 Å². The number of nitrogens with two attached hydrogens (primary N) is 1. The Hall–Kier alpha value is -0.410. The summed E-state index contributed by atoms with van der Waals surface area (Å²) in [5.41, 5.74) is 7.44. The highest BCUT2D eigenvalue weighted by atomic mass is 79.9. The fourth-order valence-electron chi connectivity index (χ4n) is 3.36. The molecule has 1 aromatic rings. The van der Waals surface area contributed by atoms with Crippen molar-refractivity contribution in [2.24, 2.45) is 17.6 Å². The molecule has 1 saturated carbocycles. The molecule has 1 nitrogen and oxygen atoms in total. The maximum atomic E-state index is 13.4. The van der Waals surface area contributed by atoms with Gasteiger partial charge in [-0.25, -0.2) is 4.39 Å². The van der Waals surface area contributed by atoms with Gasteiger partial charge >= 0.3 is 0 Å². The second-order valence-electron chi connectivity index (χ2n) is 6.71. The lowest BCUT2D eigenvalue weighted by Crippen LogP contribution is -2.41. The van der Waals surface area contributed by atoms with Gasteiger partial charge in [0, 0.05) is 10.0 Å². The molecule has 2 N–H and O–H groups in total. The lowest BCUT2D eigenvalue weighted by molar-refractivity contribution is 0.321. The third-order valence-corrected chi connectivity index (χ3v) is 5.53. The Kier molecular flexibility index (Phi) is 5.25. The van der Waals surface area contributed by atoms with E-state index in [2.05, 4.69) is 29.8 Å². The molecule has 2 unspecified atom stereocenters. The lowest BCUT2D eigenvalue weighted by Gasteiger charge is -2.29. The molecule has 20 heavy (non-hydrogen) atoms. The number of hydrogen-bond acceptors (Lipinski definition) is 1. The molecule has 1 aromatic carbocycles. The number of halogens is 2. The molecule has 0 amide bonds. The topological polar surface area (TPSA) is 26.0 Å². The van der Waals surface area contributed by atoms with E-state index >= 15 is 0 Å². The molecule has 0 aliphatic heterocycles. The van der Waals surface area contributed by atoms with E-state index < -0.39 is 0 Å². The summed E-state index contributed by atoms with van der Waals surface area (Å²) in [7, 11) is 0. The molecule has 3 heteroatoms. The molecular weight excluding hydrogens is 317 g/mol. The van der Waals surface area contributed by atoms with Gasteiger partial charge in [0.1, 0.15) is 5.82 Å². The molecule has 2 atom stereocenters. The Balaban J connectivity index is 2.09. The summed E-state index contributed by atoms with van der Waals surface area (Å²) in [5, 5.41) is 0. The summed E-state index contributed by atoms with van der Waals surface area (Å²) in [6, 6.07) is 4.88. The molecular formula is C17H25BrFN. The Bertz CT molecular complexity index is 460. The van der Waals surface area contributed by atoms with E-state index in [1.54, 1.807) is 12.1 Å². The molecule has 0 heterocycles. The summed E-state index contributed by atoms with van der Waals surface area (Å²) < 4.78 is 14.4. The zero-order chi connectivity index (χ0) is 14.8. The van der Waals surface area contributed by atoms with Crippen molar-refractivity contribution in [3.05, 3.63) is 34.1 Å². The third-order valence-electron chi connectivity index (χ3n) is 4.76. The zero-order valence-electron chi connectivity index (χ0n) is 12.5. The van der Waals surface area contributed by atoms with Crippen LogP contribution >= 0.6 is 15.9 Å². The van der Waals surface area contributed by atoms with Crippen LogP contribution in [0.15, 0.2) is 22.7 Å². The van der Waals surface area contributed by atoms with Crippen LogP contribution in [0.25, 0.3) is 0 Å². The predicted molar refractivity (Wildman–Crippen MR) is 86.1 cm³/mol. The average Bonchev–Trinajstić information content (AvgIpc) is 2.56. The van der Waals surface area contributed by atoms with Crippen LogP contribution in [0.5, 0.6) is 0 Å². The first-order valence-electron chi connectivity index (χ1n) is 7.62. The SMILES string of the molecule is CC(C)C1CCCC(N)(Cc2cc(F)ccc2Br)CC1. The van der Waals surface area contributed by atoms with Crippen molar-refractivity contribution < 1.29 is 4.39 Å². The standard InChI is InChI=1S/C17H25BrFN/c1-12(2)13-4-3-8-17(20,9-7-13)11-14-10-15(19)5-6-16(14)18/h5-6,10,12-13H,3-4,7-9,11,20H2,1-2H3. The van der Waals surface area contributed by atoms with Gasteiger partial charge in [0.05, 0.1) is 0 Å². The smallest absolute Gasteiger partial charge is 0.123 e. The Morgan fingerprint density at radius 3 is 2.80 bits per heavy atom. The predicted octanol–water partition coefficient (Wildman–Crippen LogP) is 5.06. The van der Waals surface area contributed by atoms with Gasteiger partial charge in [0.25, 0.3) is 0 Å². The molecule has 0 spiro atoms. The van der Waals surface area contributed by atoms with Crippen LogP contribution in [0.4, 0.5) is 4.39 Å². The van der Waals surface area contributed by atoms with Gasteiger partial charge in [0.2, 0.25) is 0 Å². The summed E-state index contributed by atoms with van der Waals surface area (Å²) in [6.07, 6.45) is 6.50. The summed E-state index contributed by atoms with van der Waals surface area (Å²) in [5.74, 6) is 1.34. The van der Waals surface area contributed by atoms with Crippen molar-refractivity contribution >= 4 is 15.9 Å². The lowest BCUT2D eigenvalue weighted by atomic mass is 9.83. The molecule has 1 aliphatic rings. The number of rotatable bonds is 3. The van der Waals surface area contributed by atoms with Gasteiger partial charge in [-0.05, 0) is 61.3 Å². The van der Waals surface area contributed by atoms with Crippen molar-refractivity contribution in [1.29, 1.82) is 0 Å². The molecule has 2 rings (SSSR count). The van der Waals surface area contributed by atoms with Crippen LogP contribution in [0, 0.1) is 17.7 Å². The van der Waals surface area contributed by atoms with Crippen LogP contribution in [0.1, 0.15) is 51.5 Å². The third kappa shape index (κ3) is 4.05. The van der Waals surface area contributed by atoms with Gasteiger partial charge < -0.3 is 5.73 Å². The van der Waals surface area contributed by atoms with E-state index in [1.807, 2.05) is 0 Å². The Morgan fingerprint density at radius 2 is 2.10 bits per heavy atom. The zero-order valence-corrected chi connectivity index (χ0v) is 14.0. The summed E-state index contributed by atoms with van der Waals surface area (Å²) >= 11 is 3.51. The molecule has 112 valence electrons. The minimum atomic E-state index is -0.181. The molecule has 1 aliphatic carbocycles. The maximum absolute atomic E-state index is 13.4. The van der Waals surface area contributed by atoms with Gasteiger partial charge in [-0.1, -0.05) is 42.6 Å². The first kappa shape index (κ1) is 16.0. The minimum Gasteiger partial charge on any atom is -0.325 e. The van der Waals surface area contributed by atoms with Gasteiger partial charge in [-0.15, -0.1) is 0 Å². The van der Waals surface area contributed by atoms with Crippen LogP contribution in [-0.4, -0.2) is 5.54 Å². The van der Waals surface area contributed by atoms with Gasteiger partial charge in [-0.2, -0.15) is 0 Å². The Labute approximate surface area is 130 Å². The number of benzene rings is 1. The molecule has 0 radical (unpaired) electrons. The van der Waals surface area contributed by atoms with E-state index in [0.717, 1.165) is 41.1 Å². The van der Waals surface area contributed by atoms with Gasteiger partial charge in [0.15, 0.2) is 0 Å². The van der Waals surface area contributed by atoms with E-state index in [9.17, 15) is 4.39 Å². The van der Waals surface area contributed by atoms with Crippen LogP contribution in [-0.2, 0) is 6.42 Å². The highest BCUT2D eigenvalue weighted by Crippen LogP contribution is 2.35. The Morgan fingerprint density at radius 1 is 1.35 bits per heavy atom. The summed E-state index contributed by atoms with van der Waals surface area (Å²) in [4.78, 5) is 0. The normalized spacial score (nSPS) is 27.6. The average molecular weight is 342 g/mol. The molecule has 0 aromatic heterocycles. The van der Waals surface area contributed by atoms with Crippen molar-refractivity contribution in [2.45, 2.75) is 57.9 Å². The van der Waals surface area contributed by atoms with Crippen LogP contribution < -0.4 is 5.73 Å². The van der Waals surface area contributed by atoms with Crippen LogP contribution in [0.2, 0.25) is 0 Å². The van der Waals surface area contributed by atoms with E-state index in [-0.39, 0.29) is 11.4 Å². The van der Waals surface area contributed by atoms with Crippen molar-refractivity contribution in [1.82, 2.24) is 0 Å². The van der Waals surface area contributed by atoms with Crippen LogP contribution in [0.3, 0.4) is 0 Å². The van der Waals surface area contributed by atoms with Crippen molar-refractivity contribution in [3.8, 4) is 0 Å². The molecule has 0 saturated heterocycles. The quantitative estimate of drug-likeness (QED) is 0.763. The first-order chi connectivity index (χ1) is 9.39. The van der Waals surface area contributed by atoms with Crippen molar-refractivity contribution in [3.63, 3.8) is 0 Å². The minimum absolute atomic E-state index is 0.180. The van der Waals surface area contributed by atoms with E-state index in [0.29, 0.717) is 0 Å². The molecule has 0 bridgehead atoms. The highest BCUT2D eigenvalue weighted by molar-refractivity contribution is 9.10. The van der Waals surface area contributed by atoms with E-state index in [4.69, 9.17) is 5.73 Å². The fraction of sp³-hybridized carbons (Fsp3) is 0.647. The monoisotopic (exact) mass is 341 g/mol. The highest BCUT2D eigenvalue weighted by Gasteiger charge is 2.31. The fourth-order valence-corrected chi connectivity index (χ4v) is 3.75. The molecule has 1 fully saturated rings. The second-order valence-corrected chi connectivity index (χ2v) is 7.56. The largest absolute Gasteiger partial charge is 0.325 e. The second kappa shape index (κ2) is 6.57. The van der Waals surface area contributed by atoms with Crippen molar-refractivity contribution in [2.75, 3.05) is 0 Å².